The molecule has 0 bridgehead atoms. The van der Waals surface area contributed by atoms with E-state index in [1.807, 2.05) is 18.2 Å². The molecule has 0 saturated heterocycles. The van der Waals surface area contributed by atoms with E-state index in [-0.39, 0.29) is 0 Å². The minimum absolute atomic E-state index is 0.555. The van der Waals surface area contributed by atoms with Crippen LogP contribution >= 0.6 is 0 Å². The first-order valence-electron chi connectivity index (χ1n) is 50.6. The molecule has 0 heterocycles. The van der Waals surface area contributed by atoms with Gasteiger partial charge in [0.2, 0.25) is 0 Å². The topological polar surface area (TPSA) is 0 Å². The molecule has 143 heavy (non-hydrogen) atoms. The predicted molar refractivity (Wildman–Crippen MR) is 619 cm³/mol. The number of allylic oxidation sites excluding steroid dienone is 14. The van der Waals surface area contributed by atoms with Crippen LogP contribution in [0.4, 0.5) is 0 Å². The van der Waals surface area contributed by atoms with Crippen LogP contribution in [0, 0.1) is 74.1 Å². The smallest absolute Gasteiger partial charge is 0.0201 e. The summed E-state index contributed by atoms with van der Waals surface area (Å²) in [6.07, 6.45) is 23.6. The Morgan fingerprint density at radius 2 is 0.538 bits per heavy atom. The van der Waals surface area contributed by atoms with E-state index in [1.165, 1.54) is 264 Å². The van der Waals surface area contributed by atoms with Gasteiger partial charge in [0.15, 0.2) is 0 Å². The highest BCUT2D eigenvalue weighted by atomic mass is 14.4. The summed E-state index contributed by atoms with van der Waals surface area (Å²) in [5, 5.41) is 24.2. The number of aryl methyl sites for hydroxylation is 9. The lowest BCUT2D eigenvalue weighted by atomic mass is 9.64. The van der Waals surface area contributed by atoms with Crippen LogP contribution in [-0.4, -0.2) is 0 Å². The Kier molecular flexibility index (Phi) is 26.8. The highest BCUT2D eigenvalue weighted by Crippen LogP contribution is 2.52. The average molecular weight is 1840 g/mol. The zero-order chi connectivity index (χ0) is 97.6. The highest BCUT2D eigenvalue weighted by molar-refractivity contribution is 6.16. The summed E-state index contributed by atoms with van der Waals surface area (Å²) < 4.78 is 0. The van der Waals surface area contributed by atoms with Gasteiger partial charge < -0.3 is 0 Å². The van der Waals surface area contributed by atoms with E-state index < -0.39 is 0 Å². The van der Waals surface area contributed by atoms with Crippen molar-refractivity contribution in [3.63, 3.8) is 0 Å². The maximum Gasteiger partial charge on any atom is 0.0201 e. The molecule has 0 amide bonds. The van der Waals surface area contributed by atoms with Crippen molar-refractivity contribution in [1.82, 2.24) is 0 Å². The highest BCUT2D eigenvalue weighted by Gasteiger charge is 2.38. The van der Waals surface area contributed by atoms with Crippen LogP contribution in [0.25, 0.3) is 153 Å². The van der Waals surface area contributed by atoms with E-state index in [0.29, 0.717) is 11.8 Å². The Morgan fingerprint density at radius 3 is 1.17 bits per heavy atom. The first-order valence-corrected chi connectivity index (χ1v) is 50.6. The number of benzene rings is 22. The van der Waals surface area contributed by atoms with E-state index in [4.69, 9.17) is 0 Å². The Labute approximate surface area is 843 Å². The van der Waals surface area contributed by atoms with Crippen molar-refractivity contribution < 1.29 is 0 Å². The third-order valence-electron chi connectivity index (χ3n) is 29.5. The van der Waals surface area contributed by atoms with Crippen LogP contribution in [0.5, 0.6) is 0 Å². The van der Waals surface area contributed by atoms with Crippen molar-refractivity contribution in [3.05, 3.63) is 597 Å². The van der Waals surface area contributed by atoms with Crippen LogP contribution < -0.4 is 0 Å². The molecule has 0 fully saturated rings. The maximum absolute atomic E-state index is 2.44. The summed E-state index contributed by atoms with van der Waals surface area (Å²) in [5.74, 6) is 1.11. The molecule has 0 N–H and O–H groups in total. The third kappa shape index (κ3) is 19.7. The molecule has 0 saturated carbocycles. The van der Waals surface area contributed by atoms with Crippen molar-refractivity contribution in [2.45, 2.75) is 88.5 Å². The van der Waals surface area contributed by atoms with Gasteiger partial charge in [-0.25, -0.2) is 0 Å². The molecule has 0 radical (unpaired) electrons. The second kappa shape index (κ2) is 41.4. The monoisotopic (exact) mass is 1830 g/mol. The summed E-state index contributed by atoms with van der Waals surface area (Å²) >= 11 is 0. The van der Waals surface area contributed by atoms with Gasteiger partial charge in [0.05, 0.1) is 0 Å². The molecule has 0 aromatic heterocycles. The fraction of sp³-hybridized carbons (Fsp3) is 0.105. The van der Waals surface area contributed by atoms with Crippen molar-refractivity contribution in [1.29, 1.82) is 0 Å². The number of hydrogen-bond donors (Lipinski definition) is 0. The Balaban J connectivity index is 0.0000000947. The largest absolute Gasteiger partial charge is 0.0622 e. The lowest BCUT2D eigenvalue weighted by Crippen LogP contribution is -2.28. The Bertz CT molecular complexity index is 8860. The van der Waals surface area contributed by atoms with Gasteiger partial charge in [-0.3, -0.25) is 0 Å². The van der Waals surface area contributed by atoms with E-state index in [0.717, 1.165) is 19.3 Å². The summed E-state index contributed by atoms with van der Waals surface area (Å²) in [6.45, 7) is 21.5. The molecule has 8 aliphatic carbocycles. The summed E-state index contributed by atoms with van der Waals surface area (Å²) in [5.41, 5.74) is 42.4. The molecule has 0 heteroatoms. The standard InChI is InChI=1S/C21H16.C17H12.C17H14.3C15H12.C14H12.2C11H10.C7H8/c1-13-6-7-19-15(8-13)10-17-12-20-16(11-21(17)19)9-14-4-2-3-5-18(14)20;1-11-9-10-16-14-6-3-2-5-13(14)15-8-4-7-12(11)17(15)16;1-11-5-6-14-8-7-12-3-2-4-13-9-10-15(11)17(14)16(12)13;1-11-10-12-6-2-3-8-14(12)15-9-5-4-7-13(11)15;1-11-6-9-15-13(10-11)8-7-12-4-2-3-5-14(12)15;1-11-6-7-13-9-8-12-4-2-3-5-14(12)15(13)10-11;1-10-6-7-14-12(8-10)9-11-4-2-3-5-13(11)14;1-9-5-4-7-10-6-2-3-8-11(9)10;1-9-6-7-10-4-2-3-5-11(10)8-9;1-7-5-3-2-4-6-7/h2-8,11-12H,9-10H2,1H3;2-10H,1H3;2-10,16-17H,1H3;3*2-10H,1H3;2-8H,9H2,1H3;2*2-8H,1H3;2-6H,1H3. The van der Waals surface area contributed by atoms with Gasteiger partial charge in [-0.05, 0) is 331 Å². The van der Waals surface area contributed by atoms with Gasteiger partial charge in [-0.1, -0.05) is 507 Å². The first-order chi connectivity index (χ1) is 70.0. The van der Waals surface area contributed by atoms with E-state index in [1.54, 1.807) is 0 Å². The van der Waals surface area contributed by atoms with Crippen LogP contribution in [0.3, 0.4) is 0 Å². The molecule has 690 valence electrons. The molecule has 22 aromatic rings. The second-order valence-electron chi connectivity index (χ2n) is 39.4. The molecule has 0 nitrogen and oxygen atoms in total. The van der Waals surface area contributed by atoms with E-state index >= 15 is 0 Å². The van der Waals surface area contributed by atoms with Gasteiger partial charge in [-0.2, -0.15) is 0 Å². The summed E-state index contributed by atoms with van der Waals surface area (Å²) in [4.78, 5) is 0. The molecule has 0 aliphatic heterocycles. The van der Waals surface area contributed by atoms with Gasteiger partial charge in [-0.15, -0.1) is 0 Å². The zero-order valence-electron chi connectivity index (χ0n) is 83.5. The molecule has 30 rings (SSSR count). The number of rotatable bonds is 0. The SMILES string of the molecule is CC1=C2C=CC3=CC=CC4=CC=C(C=C1)C2C34.Cc1cc2ccccc2c2ccccc12.Cc1ccc2c(c1)Cc1cc3c(cc1-2)Cc1ccccc1-3.Cc1ccc2c(c1)Cc1ccccc1-2.Cc1ccc2c(ccc3ccccc32)c1.Cc1ccc2c3c(cccc13)-c1ccccc1-2.Cc1ccc2ccc3ccccc3c2c1.Cc1ccc2ccccc2c1.Cc1cccc2ccccc12.Cc1ccccc1. The quantitative estimate of drug-likeness (QED) is 0.133. The lowest BCUT2D eigenvalue weighted by Gasteiger charge is -2.40. The Morgan fingerprint density at radius 1 is 0.168 bits per heavy atom. The number of hydrogen-bond acceptors (Lipinski definition) is 0. The molecular weight excluding hydrogens is 1720 g/mol. The maximum atomic E-state index is 2.44. The molecular formula is C143H118. The number of fused-ring (bicyclic) bond motifs is 23. The summed E-state index contributed by atoms with van der Waals surface area (Å²) in [6, 6.07) is 154. The van der Waals surface area contributed by atoms with Crippen molar-refractivity contribution in [2.24, 2.45) is 11.8 Å². The molecule has 2 unspecified atom stereocenters. The molecule has 0 spiro atoms. The first kappa shape index (κ1) is 92.7. The fourth-order valence-electron chi connectivity index (χ4n) is 22.3. The normalized spacial score (nSPS) is 13.9. The van der Waals surface area contributed by atoms with Gasteiger partial charge >= 0.3 is 0 Å². The molecule has 2 atom stereocenters. The van der Waals surface area contributed by atoms with Crippen molar-refractivity contribution in [2.75, 3.05) is 0 Å². The second-order valence-corrected chi connectivity index (χ2v) is 39.4. The minimum Gasteiger partial charge on any atom is -0.0622 e. The lowest BCUT2D eigenvalue weighted by molar-refractivity contribution is 0.560. The average Bonchev–Trinajstić information content (AvgIpc) is 1.32. The summed E-state index contributed by atoms with van der Waals surface area (Å²) in [7, 11) is 0. The predicted octanol–water partition coefficient (Wildman–Crippen LogP) is 38.7. The molecule has 22 aromatic carbocycles. The van der Waals surface area contributed by atoms with Gasteiger partial charge in [0, 0.05) is 11.8 Å². The molecule has 8 aliphatic rings. The van der Waals surface area contributed by atoms with E-state index in [9.17, 15) is 0 Å². The van der Waals surface area contributed by atoms with E-state index in [2.05, 4.69) is 536 Å². The van der Waals surface area contributed by atoms with Gasteiger partial charge in [0.25, 0.3) is 0 Å². The van der Waals surface area contributed by atoms with Gasteiger partial charge in [0.1, 0.15) is 0 Å². The zero-order valence-corrected chi connectivity index (χ0v) is 83.5. The third-order valence-corrected chi connectivity index (χ3v) is 29.5. The van der Waals surface area contributed by atoms with Crippen LogP contribution in [0.1, 0.15) is 90.4 Å². The van der Waals surface area contributed by atoms with Crippen LogP contribution in [0.15, 0.2) is 513 Å². The fourth-order valence-corrected chi connectivity index (χ4v) is 22.3. The van der Waals surface area contributed by atoms with Crippen LogP contribution in [0.2, 0.25) is 0 Å². The van der Waals surface area contributed by atoms with Crippen LogP contribution in [-0.2, 0) is 19.3 Å². The van der Waals surface area contributed by atoms with Crippen molar-refractivity contribution >= 4 is 97.0 Å². The minimum atomic E-state index is 0.555. The van der Waals surface area contributed by atoms with Crippen molar-refractivity contribution in [3.8, 4) is 55.6 Å². The Hall–Kier alpha value is -16.6.